The lowest BCUT2D eigenvalue weighted by Crippen LogP contribution is -2.06. The zero-order valence-corrected chi connectivity index (χ0v) is 8.49. The van der Waals surface area contributed by atoms with Crippen LogP contribution >= 0.6 is 0 Å². The third kappa shape index (κ3) is 1.60. The van der Waals surface area contributed by atoms with E-state index in [1.165, 1.54) is 24.3 Å². The number of nitrogens with zero attached hydrogens (tertiary/aromatic N) is 3. The molecule has 6 nitrogen and oxygen atoms in total. The van der Waals surface area contributed by atoms with Gasteiger partial charge < -0.3 is 9.84 Å². The summed E-state index contributed by atoms with van der Waals surface area (Å²) in [6.45, 7) is 0. The molecule has 0 spiro atoms. The third-order valence-corrected chi connectivity index (χ3v) is 2.13. The molecule has 1 aromatic heterocycles. The molecule has 6 heteroatoms. The molecule has 2 aromatic rings. The summed E-state index contributed by atoms with van der Waals surface area (Å²) in [5.74, 6) is -0.750. The van der Waals surface area contributed by atoms with Crippen LogP contribution in [0.5, 0.6) is 5.75 Å². The topological polar surface area (TPSA) is 77.2 Å². The Balaban J connectivity index is 2.65. The van der Waals surface area contributed by atoms with Gasteiger partial charge in [0.2, 0.25) is 0 Å². The van der Waals surface area contributed by atoms with E-state index in [9.17, 15) is 4.79 Å². The highest BCUT2D eigenvalue weighted by Gasteiger charge is 2.17. The highest BCUT2D eigenvalue weighted by atomic mass is 16.5. The average Bonchev–Trinajstić information content (AvgIpc) is 2.81. The molecule has 2 rings (SSSR count). The van der Waals surface area contributed by atoms with E-state index in [4.69, 9.17) is 9.84 Å². The Bertz CT molecular complexity index is 508. The van der Waals surface area contributed by atoms with Crippen molar-refractivity contribution in [2.24, 2.45) is 0 Å². The second kappa shape index (κ2) is 4.01. The van der Waals surface area contributed by atoms with Crippen molar-refractivity contribution in [3.63, 3.8) is 0 Å². The molecule has 0 atom stereocenters. The van der Waals surface area contributed by atoms with Gasteiger partial charge in [0.1, 0.15) is 24.0 Å². The van der Waals surface area contributed by atoms with E-state index in [2.05, 4.69) is 10.2 Å². The lowest BCUT2D eigenvalue weighted by Gasteiger charge is -2.09. The van der Waals surface area contributed by atoms with Crippen LogP contribution in [0, 0.1) is 0 Å². The van der Waals surface area contributed by atoms with E-state index in [1.807, 2.05) is 0 Å². The van der Waals surface area contributed by atoms with Gasteiger partial charge in [0.05, 0.1) is 12.8 Å². The van der Waals surface area contributed by atoms with Crippen LogP contribution in [0.3, 0.4) is 0 Å². The van der Waals surface area contributed by atoms with Gasteiger partial charge in [-0.1, -0.05) is 6.07 Å². The molecule has 0 aliphatic rings. The van der Waals surface area contributed by atoms with Crippen LogP contribution in [0.2, 0.25) is 0 Å². The summed E-state index contributed by atoms with van der Waals surface area (Å²) in [5.41, 5.74) is 0.557. The van der Waals surface area contributed by atoms with Crippen LogP contribution in [0.1, 0.15) is 10.4 Å². The number of carboxylic acid groups (broad SMARTS) is 1. The number of hydrogen-bond donors (Lipinski definition) is 1. The Morgan fingerprint density at radius 1 is 1.38 bits per heavy atom. The van der Waals surface area contributed by atoms with Gasteiger partial charge in [0.15, 0.2) is 0 Å². The Morgan fingerprint density at radius 3 is 2.62 bits per heavy atom. The molecule has 0 bridgehead atoms. The van der Waals surface area contributed by atoms with Gasteiger partial charge >= 0.3 is 5.97 Å². The van der Waals surface area contributed by atoms with E-state index in [0.29, 0.717) is 11.4 Å². The number of aromatic nitrogens is 3. The number of methoxy groups -OCH3 is 1. The number of aromatic carboxylic acids is 1. The summed E-state index contributed by atoms with van der Waals surface area (Å²) < 4.78 is 6.53. The maximum absolute atomic E-state index is 11.2. The first-order valence-electron chi connectivity index (χ1n) is 4.49. The van der Waals surface area contributed by atoms with E-state index in [0.717, 1.165) is 0 Å². The van der Waals surface area contributed by atoms with Crippen LogP contribution in [0.25, 0.3) is 5.69 Å². The second-order valence-corrected chi connectivity index (χ2v) is 3.03. The van der Waals surface area contributed by atoms with Gasteiger partial charge in [-0.25, -0.2) is 4.79 Å². The normalized spacial score (nSPS) is 10.1. The maximum Gasteiger partial charge on any atom is 0.341 e. The molecular formula is C10H9N3O3. The van der Waals surface area contributed by atoms with E-state index in [-0.39, 0.29) is 5.56 Å². The molecule has 0 saturated carbocycles. The molecule has 1 aromatic carbocycles. The highest BCUT2D eigenvalue weighted by Crippen LogP contribution is 2.24. The molecule has 1 heterocycles. The minimum Gasteiger partial charge on any atom is -0.496 e. The summed E-state index contributed by atoms with van der Waals surface area (Å²) in [4.78, 5) is 11.2. The summed E-state index contributed by atoms with van der Waals surface area (Å²) in [7, 11) is 1.43. The van der Waals surface area contributed by atoms with Crippen molar-refractivity contribution >= 4 is 5.97 Å². The maximum atomic E-state index is 11.2. The predicted molar refractivity (Wildman–Crippen MR) is 54.9 cm³/mol. The zero-order valence-electron chi connectivity index (χ0n) is 8.49. The van der Waals surface area contributed by atoms with Gasteiger partial charge in [-0.05, 0) is 12.1 Å². The van der Waals surface area contributed by atoms with Crippen molar-refractivity contribution < 1.29 is 14.6 Å². The zero-order chi connectivity index (χ0) is 11.5. The quantitative estimate of drug-likeness (QED) is 0.832. The molecule has 0 aliphatic heterocycles. The van der Waals surface area contributed by atoms with Crippen LogP contribution in [-0.4, -0.2) is 33.0 Å². The first-order valence-corrected chi connectivity index (χ1v) is 4.49. The Hall–Kier alpha value is -2.37. The molecule has 0 unspecified atom stereocenters. The Morgan fingerprint density at radius 2 is 2.06 bits per heavy atom. The fraction of sp³-hybridized carbons (Fsp3) is 0.100. The third-order valence-electron chi connectivity index (χ3n) is 2.13. The molecule has 0 aliphatic carbocycles. The van der Waals surface area contributed by atoms with Gasteiger partial charge in [-0.15, -0.1) is 10.2 Å². The molecule has 0 fully saturated rings. The lowest BCUT2D eigenvalue weighted by atomic mass is 10.1. The molecule has 0 radical (unpaired) electrons. The Labute approximate surface area is 91.1 Å². The summed E-state index contributed by atoms with van der Waals surface area (Å²) in [5, 5.41) is 16.4. The van der Waals surface area contributed by atoms with Crippen molar-refractivity contribution in [2.75, 3.05) is 7.11 Å². The molecule has 0 saturated heterocycles. The predicted octanol–water partition coefficient (Wildman–Crippen LogP) is 0.974. The smallest absolute Gasteiger partial charge is 0.341 e. The second-order valence-electron chi connectivity index (χ2n) is 3.03. The van der Waals surface area contributed by atoms with Crippen molar-refractivity contribution in [3.8, 4) is 11.4 Å². The summed E-state index contributed by atoms with van der Waals surface area (Å²) >= 11 is 0. The first-order chi connectivity index (χ1) is 7.74. The van der Waals surface area contributed by atoms with Gasteiger partial charge in [-0.2, -0.15) is 0 Å². The number of carbonyl (C=O) groups is 1. The SMILES string of the molecule is COc1cccc(-n2cnnc2)c1C(=O)O. The number of hydrogen-bond acceptors (Lipinski definition) is 4. The molecule has 0 amide bonds. The largest absolute Gasteiger partial charge is 0.496 e. The fourth-order valence-electron chi connectivity index (χ4n) is 1.44. The first kappa shape index (κ1) is 10.2. The van der Waals surface area contributed by atoms with E-state index >= 15 is 0 Å². The van der Waals surface area contributed by atoms with Crippen LogP contribution in [0.15, 0.2) is 30.9 Å². The van der Waals surface area contributed by atoms with Gasteiger partial charge in [0.25, 0.3) is 0 Å². The van der Waals surface area contributed by atoms with E-state index < -0.39 is 5.97 Å². The minimum atomic E-state index is -1.05. The fourth-order valence-corrected chi connectivity index (χ4v) is 1.44. The van der Waals surface area contributed by atoms with Crippen LogP contribution in [-0.2, 0) is 0 Å². The molecule has 1 N–H and O–H groups in total. The van der Waals surface area contributed by atoms with Crippen molar-refractivity contribution in [1.29, 1.82) is 0 Å². The van der Waals surface area contributed by atoms with Crippen LogP contribution in [0.4, 0.5) is 0 Å². The summed E-state index contributed by atoms with van der Waals surface area (Å²) in [6, 6.07) is 4.97. The van der Waals surface area contributed by atoms with Gasteiger partial charge in [0, 0.05) is 0 Å². The number of benzene rings is 1. The molecular weight excluding hydrogens is 210 g/mol. The monoisotopic (exact) mass is 219 g/mol. The summed E-state index contributed by atoms with van der Waals surface area (Å²) in [6.07, 6.45) is 2.86. The van der Waals surface area contributed by atoms with Crippen molar-refractivity contribution in [3.05, 3.63) is 36.4 Å². The minimum absolute atomic E-state index is 0.0878. The van der Waals surface area contributed by atoms with Gasteiger partial charge in [-0.3, -0.25) is 4.57 Å². The number of rotatable bonds is 3. The standard InChI is InChI=1S/C10H9N3O3/c1-16-8-4-2-3-7(9(8)10(14)15)13-5-11-12-6-13/h2-6H,1H3,(H,14,15). The van der Waals surface area contributed by atoms with Crippen LogP contribution < -0.4 is 4.74 Å². The molecule has 16 heavy (non-hydrogen) atoms. The van der Waals surface area contributed by atoms with E-state index in [1.54, 1.807) is 18.2 Å². The number of carboxylic acids is 1. The average molecular weight is 219 g/mol. The molecule has 82 valence electrons. The lowest BCUT2D eigenvalue weighted by molar-refractivity contribution is 0.0693. The van der Waals surface area contributed by atoms with Crippen molar-refractivity contribution in [2.45, 2.75) is 0 Å². The number of ether oxygens (including phenoxy) is 1. The van der Waals surface area contributed by atoms with Crippen molar-refractivity contribution in [1.82, 2.24) is 14.8 Å². The highest BCUT2D eigenvalue weighted by molar-refractivity contribution is 5.95. The Kier molecular flexibility index (Phi) is 2.55.